The number of amides is 3. The molecule has 7 heteroatoms. The van der Waals surface area contributed by atoms with Gasteiger partial charge in [-0.25, -0.2) is 0 Å². The quantitative estimate of drug-likeness (QED) is 0.640. The summed E-state index contributed by atoms with van der Waals surface area (Å²) in [5, 5.41) is 8.69. The Balaban J connectivity index is 1.56. The number of hydrogen-bond acceptors (Lipinski definition) is 4. The number of benzene rings is 1. The molecule has 0 aromatic heterocycles. The van der Waals surface area contributed by atoms with E-state index in [0.717, 1.165) is 19.3 Å². The smallest absolute Gasteiger partial charge is 0.246 e. The molecule has 28 heavy (non-hydrogen) atoms. The predicted octanol–water partition coefficient (Wildman–Crippen LogP) is 0.591. The van der Waals surface area contributed by atoms with E-state index in [4.69, 9.17) is 0 Å². The van der Waals surface area contributed by atoms with Gasteiger partial charge >= 0.3 is 0 Å². The Labute approximate surface area is 166 Å². The maximum absolute atomic E-state index is 13.0. The van der Waals surface area contributed by atoms with Gasteiger partial charge < -0.3 is 20.9 Å². The van der Waals surface area contributed by atoms with E-state index in [1.54, 1.807) is 18.9 Å². The molecule has 2 fully saturated rings. The van der Waals surface area contributed by atoms with Crippen LogP contribution in [0.15, 0.2) is 30.3 Å². The number of likely N-dealkylation sites (N-methyl/N-ethyl adjacent to an activating group) is 1. The van der Waals surface area contributed by atoms with E-state index >= 15 is 0 Å². The van der Waals surface area contributed by atoms with E-state index in [-0.39, 0.29) is 29.8 Å². The Morgan fingerprint density at radius 3 is 2.57 bits per heavy atom. The second-order valence-electron chi connectivity index (χ2n) is 7.67. The first-order chi connectivity index (χ1) is 13.5. The van der Waals surface area contributed by atoms with Crippen LogP contribution in [0.4, 0.5) is 0 Å². The highest BCUT2D eigenvalue weighted by molar-refractivity contribution is 5.94. The summed E-state index contributed by atoms with van der Waals surface area (Å²) >= 11 is 0. The number of carbonyl (C=O) groups excluding carboxylic acids is 3. The molecule has 2 aliphatic rings. The first-order valence-electron chi connectivity index (χ1n) is 10.1. The number of hydrogen-bond donors (Lipinski definition) is 3. The summed E-state index contributed by atoms with van der Waals surface area (Å²) in [4.78, 5) is 39.6. The van der Waals surface area contributed by atoms with Crippen molar-refractivity contribution in [2.75, 3.05) is 13.6 Å². The average molecular weight is 386 g/mol. The van der Waals surface area contributed by atoms with Crippen molar-refractivity contribution < 1.29 is 14.4 Å². The first kappa shape index (κ1) is 20.3. The molecule has 2 heterocycles. The summed E-state index contributed by atoms with van der Waals surface area (Å²) in [6, 6.07) is 8.76. The fraction of sp³-hybridized carbons (Fsp3) is 0.571. The van der Waals surface area contributed by atoms with Gasteiger partial charge in [-0.05, 0) is 51.6 Å². The van der Waals surface area contributed by atoms with Gasteiger partial charge in [-0.3, -0.25) is 14.4 Å². The molecule has 1 aromatic carbocycles. The van der Waals surface area contributed by atoms with Crippen molar-refractivity contribution in [2.24, 2.45) is 0 Å². The highest BCUT2D eigenvalue weighted by atomic mass is 16.2. The molecule has 2 aliphatic heterocycles. The van der Waals surface area contributed by atoms with E-state index in [0.29, 0.717) is 19.4 Å². The lowest BCUT2D eigenvalue weighted by Gasteiger charge is -2.38. The van der Waals surface area contributed by atoms with Gasteiger partial charge in [-0.1, -0.05) is 30.3 Å². The van der Waals surface area contributed by atoms with E-state index in [2.05, 4.69) is 16.0 Å². The summed E-state index contributed by atoms with van der Waals surface area (Å²) in [5.74, 6) is -0.418. The van der Waals surface area contributed by atoms with Gasteiger partial charge in [-0.2, -0.15) is 0 Å². The van der Waals surface area contributed by atoms with Crippen molar-refractivity contribution in [3.63, 3.8) is 0 Å². The molecule has 0 unspecified atom stereocenters. The molecule has 0 spiro atoms. The third kappa shape index (κ3) is 4.52. The van der Waals surface area contributed by atoms with Crippen molar-refractivity contribution >= 4 is 17.7 Å². The molecule has 7 nitrogen and oxygen atoms in total. The molecule has 0 saturated carbocycles. The molecule has 2 saturated heterocycles. The molecule has 0 aliphatic carbocycles. The van der Waals surface area contributed by atoms with Gasteiger partial charge in [0.05, 0.1) is 6.04 Å². The van der Waals surface area contributed by atoms with Crippen LogP contribution in [0, 0.1) is 0 Å². The molecule has 0 radical (unpaired) electrons. The summed E-state index contributed by atoms with van der Waals surface area (Å²) in [5.41, 5.74) is 1.17. The summed E-state index contributed by atoms with van der Waals surface area (Å²) in [6.45, 7) is 2.30. The minimum atomic E-state index is -0.544. The normalized spacial score (nSPS) is 25.1. The van der Waals surface area contributed by atoms with Crippen molar-refractivity contribution in [2.45, 2.75) is 63.2 Å². The Morgan fingerprint density at radius 2 is 1.86 bits per heavy atom. The van der Waals surface area contributed by atoms with E-state index in [1.807, 2.05) is 30.3 Å². The number of carbonyl (C=O) groups is 3. The molecule has 3 rings (SSSR count). The van der Waals surface area contributed by atoms with Gasteiger partial charge in [0.2, 0.25) is 17.7 Å². The van der Waals surface area contributed by atoms with Gasteiger partial charge in [0, 0.05) is 12.6 Å². The van der Waals surface area contributed by atoms with Gasteiger partial charge in [-0.15, -0.1) is 0 Å². The van der Waals surface area contributed by atoms with E-state index < -0.39 is 12.1 Å². The second kappa shape index (κ2) is 9.19. The van der Waals surface area contributed by atoms with Crippen LogP contribution in [0.25, 0.3) is 0 Å². The molecule has 1 aromatic rings. The van der Waals surface area contributed by atoms with Gasteiger partial charge in [0.15, 0.2) is 0 Å². The Hall–Kier alpha value is -2.41. The highest BCUT2D eigenvalue weighted by Crippen LogP contribution is 2.32. The monoisotopic (exact) mass is 386 g/mol. The lowest BCUT2D eigenvalue weighted by molar-refractivity contribution is -0.146. The summed E-state index contributed by atoms with van der Waals surface area (Å²) in [6.07, 6.45) is 3.73. The third-order valence-electron chi connectivity index (χ3n) is 5.84. The minimum absolute atomic E-state index is 0.0950. The second-order valence-corrected chi connectivity index (χ2v) is 7.67. The molecular weight excluding hydrogens is 356 g/mol. The minimum Gasteiger partial charge on any atom is -0.354 e. The van der Waals surface area contributed by atoms with Crippen molar-refractivity contribution in [3.05, 3.63) is 35.9 Å². The molecule has 3 amide bonds. The lowest BCUT2D eigenvalue weighted by atomic mass is 9.97. The highest BCUT2D eigenvalue weighted by Gasteiger charge is 2.46. The van der Waals surface area contributed by atoms with Crippen LogP contribution >= 0.6 is 0 Å². The standard InChI is InChI=1S/C21H30N4O3/c1-14(22-2)19(26)24-17-10-8-16-9-11-18(25(16)21(17)28)20(27)23-13-12-15-6-4-3-5-7-15/h3-7,14,16-18,22H,8-13H2,1-2H3,(H,23,27)(H,24,26)/t14-,16-,17-,18-/m0/s1. The number of nitrogens with one attached hydrogen (secondary N) is 3. The lowest BCUT2D eigenvalue weighted by Crippen LogP contribution is -2.60. The Bertz CT molecular complexity index is 709. The van der Waals surface area contributed by atoms with Gasteiger partial charge in [0.1, 0.15) is 12.1 Å². The zero-order chi connectivity index (χ0) is 20.1. The number of fused-ring (bicyclic) bond motifs is 1. The van der Waals surface area contributed by atoms with Crippen molar-refractivity contribution in [3.8, 4) is 0 Å². The first-order valence-corrected chi connectivity index (χ1v) is 10.1. The molecule has 3 N–H and O–H groups in total. The molecule has 0 bridgehead atoms. The van der Waals surface area contributed by atoms with Crippen LogP contribution < -0.4 is 16.0 Å². The van der Waals surface area contributed by atoms with E-state index in [1.165, 1.54) is 5.56 Å². The van der Waals surface area contributed by atoms with Crippen LogP contribution in [-0.4, -0.2) is 60.4 Å². The zero-order valence-corrected chi connectivity index (χ0v) is 16.6. The fourth-order valence-electron chi connectivity index (χ4n) is 4.07. The van der Waals surface area contributed by atoms with E-state index in [9.17, 15) is 14.4 Å². The maximum atomic E-state index is 13.0. The van der Waals surface area contributed by atoms with Crippen molar-refractivity contribution in [1.29, 1.82) is 0 Å². The van der Waals surface area contributed by atoms with Crippen LogP contribution in [0.3, 0.4) is 0 Å². The number of rotatable bonds is 7. The average Bonchev–Trinajstić information content (AvgIpc) is 3.15. The number of nitrogens with zero attached hydrogens (tertiary/aromatic N) is 1. The molecule has 4 atom stereocenters. The number of piperidine rings is 1. The fourth-order valence-corrected chi connectivity index (χ4v) is 4.07. The largest absolute Gasteiger partial charge is 0.354 e. The molecular formula is C21H30N4O3. The third-order valence-corrected chi connectivity index (χ3v) is 5.84. The van der Waals surface area contributed by atoms with Crippen molar-refractivity contribution in [1.82, 2.24) is 20.9 Å². The van der Waals surface area contributed by atoms with Gasteiger partial charge in [0.25, 0.3) is 0 Å². The topological polar surface area (TPSA) is 90.5 Å². The predicted molar refractivity (Wildman–Crippen MR) is 106 cm³/mol. The summed E-state index contributed by atoms with van der Waals surface area (Å²) in [7, 11) is 1.71. The van der Waals surface area contributed by atoms with Crippen LogP contribution in [0.5, 0.6) is 0 Å². The SMILES string of the molecule is CN[C@@H](C)C(=O)N[C@H]1CC[C@H]2CC[C@@H](C(=O)NCCc3ccccc3)N2C1=O. The van der Waals surface area contributed by atoms with Crippen LogP contribution in [0.2, 0.25) is 0 Å². The summed E-state index contributed by atoms with van der Waals surface area (Å²) < 4.78 is 0. The molecule has 152 valence electrons. The Morgan fingerprint density at radius 1 is 1.14 bits per heavy atom. The van der Waals surface area contributed by atoms with Crippen LogP contribution in [-0.2, 0) is 20.8 Å². The Kier molecular flexibility index (Phi) is 6.67. The van der Waals surface area contributed by atoms with Crippen LogP contribution in [0.1, 0.15) is 38.2 Å². The zero-order valence-electron chi connectivity index (χ0n) is 16.6. The maximum Gasteiger partial charge on any atom is 0.246 e.